The minimum absolute atomic E-state index is 0.990. The van der Waals surface area contributed by atoms with Gasteiger partial charge < -0.3 is 0 Å². The summed E-state index contributed by atoms with van der Waals surface area (Å²) in [4.78, 5) is 0. The molecule has 4 bridgehead atoms. The van der Waals surface area contributed by atoms with Crippen LogP contribution in [0.2, 0.25) is 0 Å². The summed E-state index contributed by atoms with van der Waals surface area (Å²) in [5.41, 5.74) is 0.990. The molecule has 0 radical (unpaired) electrons. The second-order valence-electron chi connectivity index (χ2n) is 4.90. The first-order valence-electron chi connectivity index (χ1n) is 4.39. The molecule has 0 N–H and O–H groups in total. The van der Waals surface area contributed by atoms with Gasteiger partial charge in [-0.3, -0.25) is 0 Å². The molecule has 5 saturated carbocycles. The van der Waals surface area contributed by atoms with Crippen molar-refractivity contribution in [1.29, 1.82) is 0 Å². The van der Waals surface area contributed by atoms with Crippen LogP contribution in [0, 0.1) is 29.1 Å². The van der Waals surface area contributed by atoms with Crippen LogP contribution >= 0.6 is 0 Å². The van der Waals surface area contributed by atoms with Gasteiger partial charge in [-0.05, 0) is 54.8 Å². The predicted octanol–water partition coefficient (Wildman–Crippen LogP) is 2.05. The van der Waals surface area contributed by atoms with E-state index in [-0.39, 0.29) is 0 Å². The van der Waals surface area contributed by atoms with Crippen LogP contribution in [0.5, 0.6) is 0 Å². The standard InChI is InChI=1S/C9H12/c1-5-2-9(5)3-7-6(1)8(7)4-9/h5-8H,1-4H2. The summed E-state index contributed by atoms with van der Waals surface area (Å²) in [7, 11) is 0. The van der Waals surface area contributed by atoms with Gasteiger partial charge in [0, 0.05) is 0 Å². The van der Waals surface area contributed by atoms with Crippen molar-refractivity contribution in [2.75, 3.05) is 0 Å². The Morgan fingerprint density at radius 2 is 1.67 bits per heavy atom. The van der Waals surface area contributed by atoms with E-state index >= 15 is 0 Å². The van der Waals surface area contributed by atoms with Gasteiger partial charge in [-0.15, -0.1) is 0 Å². The SMILES string of the molecule is C1C2C3CC4(CC23)CC14. The molecule has 0 aromatic rings. The lowest BCUT2D eigenvalue weighted by atomic mass is 9.85. The number of hydrogen-bond donors (Lipinski definition) is 0. The highest BCUT2D eigenvalue weighted by molar-refractivity contribution is 5.23. The van der Waals surface area contributed by atoms with Crippen molar-refractivity contribution < 1.29 is 0 Å². The first kappa shape index (κ1) is 4.00. The van der Waals surface area contributed by atoms with Gasteiger partial charge in [-0.25, -0.2) is 0 Å². The molecular weight excluding hydrogens is 108 g/mol. The summed E-state index contributed by atoms with van der Waals surface area (Å²) in [6.07, 6.45) is 6.60. The third-order valence-electron chi connectivity index (χ3n) is 4.71. The van der Waals surface area contributed by atoms with E-state index in [1.165, 1.54) is 23.7 Å². The maximum absolute atomic E-state index is 1.66. The Labute approximate surface area is 55.6 Å². The molecule has 0 amide bonds. The summed E-state index contributed by atoms with van der Waals surface area (Å²) in [6.45, 7) is 0. The van der Waals surface area contributed by atoms with Crippen LogP contribution in [0.3, 0.4) is 0 Å². The van der Waals surface area contributed by atoms with Crippen LogP contribution in [-0.4, -0.2) is 0 Å². The summed E-state index contributed by atoms with van der Waals surface area (Å²) >= 11 is 0. The minimum Gasteiger partial charge on any atom is -0.0465 e. The molecular formula is C9H12. The van der Waals surface area contributed by atoms with E-state index in [1.807, 2.05) is 0 Å². The first-order valence-corrected chi connectivity index (χ1v) is 4.39. The molecule has 0 aromatic heterocycles. The van der Waals surface area contributed by atoms with Crippen LogP contribution in [0.15, 0.2) is 0 Å². The monoisotopic (exact) mass is 120 g/mol. The average Bonchev–Trinajstić information content (AvgIpc) is 2.64. The van der Waals surface area contributed by atoms with E-state index in [0.717, 1.165) is 5.41 Å². The number of hydrogen-bond acceptors (Lipinski definition) is 0. The normalized spacial score (nSPS) is 80.0. The number of rotatable bonds is 0. The molecule has 5 aliphatic rings. The first-order chi connectivity index (χ1) is 4.39. The van der Waals surface area contributed by atoms with Gasteiger partial charge in [0.1, 0.15) is 0 Å². The zero-order chi connectivity index (χ0) is 5.64. The lowest BCUT2D eigenvalue weighted by molar-refractivity contribution is 0.299. The molecule has 5 rings (SSSR count). The Bertz CT molecular complexity index is 175. The molecule has 0 heteroatoms. The van der Waals surface area contributed by atoms with Crippen molar-refractivity contribution in [1.82, 2.24) is 0 Å². The van der Waals surface area contributed by atoms with E-state index in [1.54, 1.807) is 25.7 Å². The van der Waals surface area contributed by atoms with Crippen LogP contribution in [0.4, 0.5) is 0 Å². The maximum atomic E-state index is 1.66. The van der Waals surface area contributed by atoms with Crippen molar-refractivity contribution in [3.05, 3.63) is 0 Å². The van der Waals surface area contributed by atoms with E-state index in [0.29, 0.717) is 0 Å². The summed E-state index contributed by atoms with van der Waals surface area (Å²) in [5.74, 6) is 4.99. The zero-order valence-corrected chi connectivity index (χ0v) is 5.64. The van der Waals surface area contributed by atoms with E-state index in [2.05, 4.69) is 0 Å². The summed E-state index contributed by atoms with van der Waals surface area (Å²) in [6, 6.07) is 0. The molecule has 0 aliphatic heterocycles. The van der Waals surface area contributed by atoms with Gasteiger partial charge in [0.05, 0.1) is 0 Å². The maximum Gasteiger partial charge on any atom is -0.0260 e. The van der Waals surface area contributed by atoms with Crippen molar-refractivity contribution in [3.8, 4) is 0 Å². The highest BCUT2D eigenvalue weighted by Crippen LogP contribution is 2.82. The van der Waals surface area contributed by atoms with E-state index < -0.39 is 0 Å². The molecule has 5 aliphatic carbocycles. The molecule has 0 aromatic carbocycles. The van der Waals surface area contributed by atoms with Gasteiger partial charge in [0.2, 0.25) is 0 Å². The highest BCUT2D eigenvalue weighted by Gasteiger charge is 2.74. The lowest BCUT2D eigenvalue weighted by Crippen LogP contribution is -2.11. The van der Waals surface area contributed by atoms with Crippen LogP contribution in [0.25, 0.3) is 0 Å². The van der Waals surface area contributed by atoms with Gasteiger partial charge in [0.25, 0.3) is 0 Å². The van der Waals surface area contributed by atoms with Crippen LogP contribution in [-0.2, 0) is 0 Å². The largest absolute Gasteiger partial charge is 0.0465 e. The summed E-state index contributed by atoms with van der Waals surface area (Å²) < 4.78 is 0. The molecule has 3 atom stereocenters. The van der Waals surface area contributed by atoms with E-state index in [4.69, 9.17) is 0 Å². The molecule has 0 saturated heterocycles. The Morgan fingerprint density at radius 1 is 0.889 bits per heavy atom. The second kappa shape index (κ2) is 0.810. The fraction of sp³-hybridized carbons (Fsp3) is 1.00. The van der Waals surface area contributed by atoms with Crippen LogP contribution < -0.4 is 0 Å². The smallest absolute Gasteiger partial charge is 0.0260 e. The van der Waals surface area contributed by atoms with Gasteiger partial charge >= 0.3 is 0 Å². The molecule has 3 unspecified atom stereocenters. The zero-order valence-electron chi connectivity index (χ0n) is 5.64. The van der Waals surface area contributed by atoms with Crippen molar-refractivity contribution in [2.24, 2.45) is 29.1 Å². The molecule has 5 fully saturated rings. The van der Waals surface area contributed by atoms with Crippen molar-refractivity contribution >= 4 is 0 Å². The molecule has 0 heterocycles. The molecule has 1 spiro atoms. The fourth-order valence-corrected chi connectivity index (χ4v) is 4.10. The molecule has 48 valence electrons. The topological polar surface area (TPSA) is 0 Å². The third-order valence-corrected chi connectivity index (χ3v) is 4.71. The average molecular weight is 120 g/mol. The van der Waals surface area contributed by atoms with Crippen molar-refractivity contribution in [3.63, 3.8) is 0 Å². The Hall–Kier alpha value is 0. The second-order valence-corrected chi connectivity index (χ2v) is 4.90. The molecule has 9 heavy (non-hydrogen) atoms. The van der Waals surface area contributed by atoms with Crippen molar-refractivity contribution in [2.45, 2.75) is 25.7 Å². The lowest BCUT2D eigenvalue weighted by Gasteiger charge is -2.20. The van der Waals surface area contributed by atoms with Gasteiger partial charge in [-0.2, -0.15) is 0 Å². The third kappa shape index (κ3) is 0.264. The van der Waals surface area contributed by atoms with E-state index in [9.17, 15) is 0 Å². The predicted molar refractivity (Wildman–Crippen MR) is 34.9 cm³/mol. The Balaban J connectivity index is 1.94. The summed E-state index contributed by atoms with van der Waals surface area (Å²) in [5, 5.41) is 0. The molecule has 0 nitrogen and oxygen atoms in total. The van der Waals surface area contributed by atoms with Gasteiger partial charge in [-0.1, -0.05) is 0 Å². The quantitative estimate of drug-likeness (QED) is 0.459. The minimum atomic E-state index is 0.990. The Kier molecular flexibility index (Phi) is 0.360. The Morgan fingerprint density at radius 3 is 2.22 bits per heavy atom. The fourth-order valence-electron chi connectivity index (χ4n) is 4.10. The van der Waals surface area contributed by atoms with Crippen LogP contribution in [0.1, 0.15) is 25.7 Å². The van der Waals surface area contributed by atoms with Gasteiger partial charge in [0.15, 0.2) is 0 Å². The highest BCUT2D eigenvalue weighted by atomic mass is 14.8.